The van der Waals surface area contributed by atoms with E-state index < -0.39 is 9.70 Å². The number of hydrogen-bond acceptors (Lipinski definition) is 3. The van der Waals surface area contributed by atoms with Crippen molar-refractivity contribution in [1.29, 1.82) is 0 Å². The largest absolute Gasteiger partial charge is 0.325 e. The molecule has 1 aromatic carbocycles. The zero-order valence-corrected chi connectivity index (χ0v) is 22.1. The van der Waals surface area contributed by atoms with Gasteiger partial charge in [0.1, 0.15) is 6.61 Å². The lowest BCUT2D eigenvalue weighted by Gasteiger charge is -2.51. The predicted octanol–water partition coefficient (Wildman–Crippen LogP) is 5.66. The summed E-state index contributed by atoms with van der Waals surface area (Å²) in [5.74, 6) is -0.683. The molecule has 3 rings (SSSR count). The topological polar surface area (TPSA) is 44.6 Å². The highest BCUT2D eigenvalue weighted by Gasteiger charge is 2.51. The van der Waals surface area contributed by atoms with Gasteiger partial charge in [0.15, 0.2) is 0 Å². The summed E-state index contributed by atoms with van der Waals surface area (Å²) in [6, 6.07) is 9.88. The van der Waals surface area contributed by atoms with E-state index in [1.54, 1.807) is 0 Å². The number of piperidine rings is 1. The average Bonchev–Trinajstić information content (AvgIpc) is 2.89. The van der Waals surface area contributed by atoms with Crippen molar-refractivity contribution in [3.8, 4) is 0 Å². The summed E-state index contributed by atoms with van der Waals surface area (Å²) in [5, 5.41) is 2.14. The Bertz CT molecular complexity index is 860. The van der Waals surface area contributed by atoms with Gasteiger partial charge in [-0.15, -0.1) is 10.1 Å². The minimum atomic E-state index is -2.06. The van der Waals surface area contributed by atoms with E-state index in [-0.39, 0.29) is 22.5 Å². The zero-order valence-electron chi connectivity index (χ0n) is 19.8. The fourth-order valence-corrected chi connectivity index (χ4v) is 5.48. The van der Waals surface area contributed by atoms with Crippen molar-refractivity contribution in [2.45, 2.75) is 88.1 Å². The van der Waals surface area contributed by atoms with Crippen molar-refractivity contribution in [3.05, 3.63) is 35.9 Å². The van der Waals surface area contributed by atoms with Crippen LogP contribution in [0.4, 0.5) is 0 Å². The fourth-order valence-electron chi connectivity index (χ4n) is 5.35. The molecule has 0 aliphatic carbocycles. The van der Waals surface area contributed by atoms with Crippen molar-refractivity contribution >= 4 is 46.4 Å². The molecule has 1 atom stereocenters. The number of halogens is 3. The van der Waals surface area contributed by atoms with E-state index in [9.17, 15) is 4.79 Å². The van der Waals surface area contributed by atoms with E-state index in [1.807, 2.05) is 35.0 Å². The average molecular weight is 504 g/mol. The molecule has 1 N–H and O–H groups in total. The van der Waals surface area contributed by atoms with Crippen molar-refractivity contribution in [1.82, 2.24) is 10.5 Å². The molecule has 1 fully saturated rings. The lowest BCUT2D eigenvalue weighted by molar-refractivity contribution is -0.608. The molecule has 0 saturated carbocycles. The quantitative estimate of drug-likeness (QED) is 0.416. The molecule has 1 saturated heterocycles. The maximum absolute atomic E-state index is 12.7. The molecule has 0 spiro atoms. The van der Waals surface area contributed by atoms with Gasteiger partial charge in [-0.2, -0.15) is 5.06 Å². The van der Waals surface area contributed by atoms with E-state index in [0.29, 0.717) is 6.61 Å². The van der Waals surface area contributed by atoms with Crippen LogP contribution >= 0.6 is 34.8 Å². The Morgan fingerprint density at radius 1 is 1.09 bits per heavy atom. The highest BCUT2D eigenvalue weighted by atomic mass is 35.6. The number of benzene rings is 1. The molecule has 32 heavy (non-hydrogen) atoms. The van der Waals surface area contributed by atoms with E-state index in [1.165, 1.54) is 6.42 Å². The van der Waals surface area contributed by atoms with Crippen LogP contribution in [0.25, 0.3) is 0 Å². The molecule has 2 aliphatic rings. The number of nitrogens with zero attached hydrogens (tertiary/aromatic N) is 2. The van der Waals surface area contributed by atoms with Crippen molar-refractivity contribution in [3.63, 3.8) is 0 Å². The van der Waals surface area contributed by atoms with Gasteiger partial charge in [-0.3, -0.25) is 9.63 Å². The maximum Gasteiger partial charge on any atom is 0.325 e. The molecule has 1 aromatic rings. The van der Waals surface area contributed by atoms with Crippen LogP contribution in [0, 0.1) is 5.41 Å². The first-order chi connectivity index (χ1) is 14.7. The molecule has 8 heteroatoms. The van der Waals surface area contributed by atoms with E-state index in [4.69, 9.17) is 39.6 Å². The van der Waals surface area contributed by atoms with E-state index >= 15 is 0 Å². The summed E-state index contributed by atoms with van der Waals surface area (Å²) in [7, 11) is 0. The van der Waals surface area contributed by atoms with E-state index in [0.717, 1.165) is 30.5 Å². The van der Waals surface area contributed by atoms with Gasteiger partial charge in [0, 0.05) is 23.1 Å². The summed E-state index contributed by atoms with van der Waals surface area (Å²) >= 11 is 17.7. The molecular formula is C24H35Cl3N3O2+. The minimum absolute atomic E-state index is 0.0759. The Morgan fingerprint density at radius 3 is 2.19 bits per heavy atom. The molecule has 1 amide bonds. The van der Waals surface area contributed by atoms with Crippen LogP contribution in [0.5, 0.6) is 0 Å². The second-order valence-corrected chi connectivity index (χ2v) is 13.1. The summed E-state index contributed by atoms with van der Waals surface area (Å²) in [6.07, 6.45) is 4.10. The Labute approximate surface area is 207 Å². The second-order valence-electron chi connectivity index (χ2n) is 10.8. The number of rotatable bonds is 5. The Hall–Kier alpha value is -0.850. The summed E-state index contributed by atoms with van der Waals surface area (Å²) in [4.78, 5) is 19.2. The summed E-state index contributed by atoms with van der Waals surface area (Å²) < 4.78 is -0.208. The van der Waals surface area contributed by atoms with Crippen LogP contribution in [0.15, 0.2) is 30.3 Å². The molecule has 2 heterocycles. The Morgan fingerprint density at radius 2 is 1.66 bits per heavy atom. The highest BCUT2D eigenvalue weighted by Crippen LogP contribution is 2.40. The van der Waals surface area contributed by atoms with Gasteiger partial charge >= 0.3 is 5.91 Å². The van der Waals surface area contributed by atoms with Gasteiger partial charge in [0.2, 0.25) is 11.8 Å². The van der Waals surface area contributed by atoms with Crippen molar-refractivity contribution in [2.75, 3.05) is 6.61 Å². The van der Waals surface area contributed by atoms with Gasteiger partial charge < -0.3 is 0 Å². The minimum Gasteiger partial charge on any atom is -0.291 e. The van der Waals surface area contributed by atoms with Crippen LogP contribution in [0.2, 0.25) is 0 Å². The predicted molar refractivity (Wildman–Crippen MR) is 131 cm³/mol. The number of hydrazone groups is 1. The zero-order chi connectivity index (χ0) is 23.9. The van der Waals surface area contributed by atoms with Crippen LogP contribution in [-0.4, -0.2) is 48.9 Å². The maximum atomic E-state index is 12.7. The molecule has 2 aliphatic heterocycles. The molecule has 0 aromatic heterocycles. The molecule has 5 nitrogen and oxygen atoms in total. The van der Waals surface area contributed by atoms with Gasteiger partial charge in [-0.05, 0) is 72.9 Å². The lowest BCUT2D eigenvalue weighted by Crippen LogP contribution is -2.59. The smallest absolute Gasteiger partial charge is 0.291 e. The third-order valence-corrected chi connectivity index (χ3v) is 7.11. The lowest BCUT2D eigenvalue weighted by atomic mass is 9.81. The number of hydrazine groups is 1. The van der Waals surface area contributed by atoms with Gasteiger partial charge in [0.05, 0.1) is 5.41 Å². The normalized spacial score (nSPS) is 25.1. The van der Waals surface area contributed by atoms with Gasteiger partial charge in [-0.1, -0.05) is 53.0 Å². The van der Waals surface area contributed by atoms with E-state index in [2.05, 4.69) is 52.0 Å². The van der Waals surface area contributed by atoms with Gasteiger partial charge in [-0.25, -0.2) is 0 Å². The third kappa shape index (κ3) is 5.44. The number of amides is 1. The Kier molecular flexibility index (Phi) is 7.30. The molecule has 0 radical (unpaired) electrons. The monoisotopic (exact) mass is 502 g/mol. The first kappa shape index (κ1) is 25.8. The number of hydroxylamine groups is 2. The number of nitrogens with one attached hydrogen (secondary N) is 1. The molecule has 178 valence electrons. The number of carbonyl (C=O) groups is 1. The fraction of sp³-hybridized carbons (Fsp3) is 0.667. The van der Waals surface area contributed by atoms with Crippen LogP contribution in [-0.2, 0) is 9.63 Å². The first-order valence-corrected chi connectivity index (χ1v) is 12.3. The summed E-state index contributed by atoms with van der Waals surface area (Å²) in [6.45, 7) is 13.6. The first-order valence-electron chi connectivity index (χ1n) is 11.2. The van der Waals surface area contributed by atoms with Crippen LogP contribution < -0.4 is 5.43 Å². The Balaban J connectivity index is 1.95. The SMILES string of the molecule is CC1(C)CC(CON2C(C)(C)CCCC2(C)C)[N+](NC(=O)C(Cl)(Cl)Cl)=C1c1ccccc1. The number of alkyl halides is 3. The van der Waals surface area contributed by atoms with Crippen LogP contribution in [0.3, 0.4) is 0 Å². The summed E-state index contributed by atoms with van der Waals surface area (Å²) in [5.41, 5.74) is 4.49. The third-order valence-electron chi connectivity index (χ3n) is 6.59. The van der Waals surface area contributed by atoms with Crippen LogP contribution in [0.1, 0.15) is 72.8 Å². The highest BCUT2D eigenvalue weighted by molar-refractivity contribution is 6.76. The number of hydrogen-bond donors (Lipinski definition) is 1. The molecular weight excluding hydrogens is 469 g/mol. The molecule has 0 bridgehead atoms. The van der Waals surface area contributed by atoms with Gasteiger partial charge in [0.25, 0.3) is 3.79 Å². The van der Waals surface area contributed by atoms with Crippen molar-refractivity contribution in [2.24, 2.45) is 5.41 Å². The second kappa shape index (κ2) is 9.07. The van der Waals surface area contributed by atoms with Crippen molar-refractivity contribution < 1.29 is 14.3 Å². The molecule has 1 unspecified atom stereocenters. The standard InChI is InChI=1S/C24H34Cl3N3O2/c1-21(2)15-18(16-32-30-22(3,4)13-10-14-23(30,5)6)29(28-20(31)24(25,26)27)19(21)17-11-8-7-9-12-17/h7-9,11-12,18H,10,13-16H2,1-6H3/p+1. The number of carbonyl (C=O) groups excluding carboxylic acids is 1.